The lowest BCUT2D eigenvalue weighted by atomic mass is 9.97. The molecule has 1 aromatic rings. The normalized spacial score (nSPS) is 24.3. The van der Waals surface area contributed by atoms with Crippen molar-refractivity contribution in [2.24, 2.45) is 5.92 Å². The Morgan fingerprint density at radius 3 is 2.95 bits per heavy atom. The summed E-state index contributed by atoms with van der Waals surface area (Å²) in [7, 11) is 2.15. The monoisotopic (exact) mass is 305 g/mol. The van der Waals surface area contributed by atoms with Crippen molar-refractivity contribution in [3.05, 3.63) is 18.0 Å². The summed E-state index contributed by atoms with van der Waals surface area (Å²) in [5, 5.41) is 10.9. The van der Waals surface area contributed by atoms with Crippen molar-refractivity contribution in [1.29, 1.82) is 0 Å². The van der Waals surface area contributed by atoms with Crippen LogP contribution < -0.4 is 10.6 Å². The van der Waals surface area contributed by atoms with Crippen molar-refractivity contribution in [3.63, 3.8) is 0 Å². The van der Waals surface area contributed by atoms with Crippen LogP contribution in [0.25, 0.3) is 0 Å². The second-order valence-corrected chi connectivity index (χ2v) is 6.64. The lowest BCUT2D eigenvalue weighted by molar-refractivity contribution is 0.0932. The fourth-order valence-electron chi connectivity index (χ4n) is 3.32. The molecule has 6 nitrogen and oxygen atoms in total. The van der Waals surface area contributed by atoms with Gasteiger partial charge in [0.25, 0.3) is 5.91 Å². The van der Waals surface area contributed by atoms with Gasteiger partial charge in [-0.05, 0) is 64.3 Å². The number of hydrogen-bond donors (Lipinski definition) is 2. The van der Waals surface area contributed by atoms with E-state index >= 15 is 0 Å². The molecule has 0 aromatic carbocycles. The van der Waals surface area contributed by atoms with Crippen LogP contribution >= 0.6 is 0 Å². The van der Waals surface area contributed by atoms with Crippen LogP contribution in [0.1, 0.15) is 42.2 Å². The lowest BCUT2D eigenvalue weighted by Gasteiger charge is -2.28. The zero-order valence-corrected chi connectivity index (χ0v) is 13.4. The van der Waals surface area contributed by atoms with Crippen LogP contribution in [0.2, 0.25) is 0 Å². The SMILES string of the molecule is CN1CCC(CNC(=O)c2ccn(C3CCCNC3)n2)CC1. The zero-order valence-electron chi connectivity index (χ0n) is 13.4. The summed E-state index contributed by atoms with van der Waals surface area (Å²) < 4.78 is 1.94. The number of nitrogens with zero attached hydrogens (tertiary/aromatic N) is 3. The summed E-state index contributed by atoms with van der Waals surface area (Å²) in [6, 6.07) is 2.21. The maximum atomic E-state index is 12.2. The van der Waals surface area contributed by atoms with Crippen molar-refractivity contribution in [2.75, 3.05) is 39.8 Å². The maximum absolute atomic E-state index is 12.2. The predicted molar refractivity (Wildman–Crippen MR) is 85.9 cm³/mol. The Labute approximate surface area is 132 Å². The van der Waals surface area contributed by atoms with Crippen LogP contribution in [0.5, 0.6) is 0 Å². The van der Waals surface area contributed by atoms with E-state index in [0.29, 0.717) is 17.7 Å². The second kappa shape index (κ2) is 7.24. The van der Waals surface area contributed by atoms with Crippen LogP contribution in [-0.2, 0) is 0 Å². The quantitative estimate of drug-likeness (QED) is 0.867. The molecule has 0 spiro atoms. The highest BCUT2D eigenvalue weighted by Gasteiger charge is 2.20. The molecule has 1 amide bonds. The molecule has 3 heterocycles. The molecule has 1 unspecified atom stereocenters. The van der Waals surface area contributed by atoms with Gasteiger partial charge in [-0.25, -0.2) is 0 Å². The minimum absolute atomic E-state index is 0.0403. The summed E-state index contributed by atoms with van der Waals surface area (Å²) in [5.74, 6) is 0.561. The first-order chi connectivity index (χ1) is 10.7. The number of hydrogen-bond acceptors (Lipinski definition) is 4. The fourth-order valence-corrected chi connectivity index (χ4v) is 3.32. The average molecular weight is 305 g/mol. The molecule has 2 fully saturated rings. The van der Waals surface area contributed by atoms with Gasteiger partial charge in [0.2, 0.25) is 0 Å². The molecule has 2 saturated heterocycles. The molecule has 1 atom stereocenters. The number of carbonyl (C=O) groups is 1. The second-order valence-electron chi connectivity index (χ2n) is 6.64. The highest BCUT2D eigenvalue weighted by atomic mass is 16.1. The molecular weight excluding hydrogens is 278 g/mol. The molecule has 0 radical (unpaired) electrons. The van der Waals surface area contributed by atoms with E-state index in [1.54, 1.807) is 0 Å². The van der Waals surface area contributed by atoms with Gasteiger partial charge in [-0.2, -0.15) is 5.10 Å². The van der Waals surface area contributed by atoms with Gasteiger partial charge in [0.1, 0.15) is 5.69 Å². The Balaban J connectivity index is 1.49. The van der Waals surface area contributed by atoms with E-state index in [9.17, 15) is 4.79 Å². The van der Waals surface area contributed by atoms with Gasteiger partial charge in [0, 0.05) is 19.3 Å². The zero-order chi connectivity index (χ0) is 15.4. The third kappa shape index (κ3) is 3.87. The number of nitrogens with one attached hydrogen (secondary N) is 2. The smallest absolute Gasteiger partial charge is 0.271 e. The van der Waals surface area contributed by atoms with Gasteiger partial charge in [-0.1, -0.05) is 0 Å². The molecule has 3 rings (SSSR count). The number of aromatic nitrogens is 2. The van der Waals surface area contributed by atoms with Crippen molar-refractivity contribution in [1.82, 2.24) is 25.3 Å². The molecule has 6 heteroatoms. The standard InChI is InChI=1S/C16H27N5O/c1-20-8-4-13(5-9-20)11-18-16(22)15-6-10-21(19-15)14-3-2-7-17-12-14/h6,10,13-14,17H,2-5,7-9,11-12H2,1H3,(H,18,22). The summed E-state index contributed by atoms with van der Waals surface area (Å²) in [6.07, 6.45) is 6.56. The number of amides is 1. The number of carbonyl (C=O) groups excluding carboxylic acids is 1. The maximum Gasteiger partial charge on any atom is 0.271 e. The van der Waals surface area contributed by atoms with E-state index in [4.69, 9.17) is 0 Å². The van der Waals surface area contributed by atoms with Crippen molar-refractivity contribution in [3.8, 4) is 0 Å². The minimum atomic E-state index is -0.0403. The Bertz CT molecular complexity index is 486. The first kappa shape index (κ1) is 15.5. The Morgan fingerprint density at radius 1 is 1.41 bits per heavy atom. The number of piperidine rings is 2. The van der Waals surface area contributed by atoms with E-state index in [1.165, 1.54) is 19.3 Å². The summed E-state index contributed by atoms with van der Waals surface area (Å²) in [5.41, 5.74) is 0.540. The van der Waals surface area contributed by atoms with Crippen molar-refractivity contribution >= 4 is 5.91 Å². The van der Waals surface area contributed by atoms with Crippen LogP contribution in [0.3, 0.4) is 0 Å². The van der Waals surface area contributed by atoms with Crippen LogP contribution in [0, 0.1) is 5.92 Å². The number of rotatable bonds is 4. The first-order valence-corrected chi connectivity index (χ1v) is 8.45. The van der Waals surface area contributed by atoms with Crippen LogP contribution in [0.4, 0.5) is 0 Å². The van der Waals surface area contributed by atoms with Crippen LogP contribution in [-0.4, -0.2) is 60.4 Å². The molecule has 0 saturated carbocycles. The van der Waals surface area contributed by atoms with Gasteiger partial charge >= 0.3 is 0 Å². The molecule has 0 bridgehead atoms. The van der Waals surface area contributed by atoms with E-state index in [2.05, 4.69) is 27.7 Å². The van der Waals surface area contributed by atoms with E-state index < -0.39 is 0 Å². The molecule has 22 heavy (non-hydrogen) atoms. The van der Waals surface area contributed by atoms with Crippen molar-refractivity contribution in [2.45, 2.75) is 31.7 Å². The Kier molecular flexibility index (Phi) is 5.10. The first-order valence-electron chi connectivity index (χ1n) is 8.45. The highest BCUT2D eigenvalue weighted by molar-refractivity contribution is 5.92. The van der Waals surface area contributed by atoms with Gasteiger partial charge in [-0.15, -0.1) is 0 Å². The number of likely N-dealkylation sites (tertiary alicyclic amines) is 1. The van der Waals surface area contributed by atoms with E-state index in [-0.39, 0.29) is 5.91 Å². The van der Waals surface area contributed by atoms with E-state index in [1.807, 2.05) is 16.9 Å². The molecule has 0 aliphatic carbocycles. The van der Waals surface area contributed by atoms with Crippen LogP contribution in [0.15, 0.2) is 12.3 Å². The molecule has 2 aliphatic rings. The Morgan fingerprint density at radius 2 is 2.23 bits per heavy atom. The molecule has 2 aliphatic heterocycles. The summed E-state index contributed by atoms with van der Waals surface area (Å²) in [4.78, 5) is 14.6. The lowest BCUT2D eigenvalue weighted by Crippen LogP contribution is -2.37. The van der Waals surface area contributed by atoms with Gasteiger partial charge < -0.3 is 15.5 Å². The summed E-state index contributed by atoms with van der Waals surface area (Å²) in [6.45, 7) is 5.05. The highest BCUT2D eigenvalue weighted by Crippen LogP contribution is 2.16. The largest absolute Gasteiger partial charge is 0.350 e. The fraction of sp³-hybridized carbons (Fsp3) is 0.750. The Hall–Kier alpha value is -1.40. The average Bonchev–Trinajstić information content (AvgIpc) is 3.05. The molecular formula is C16H27N5O. The third-order valence-corrected chi connectivity index (χ3v) is 4.88. The topological polar surface area (TPSA) is 62.2 Å². The van der Waals surface area contributed by atoms with Crippen molar-refractivity contribution < 1.29 is 4.79 Å². The predicted octanol–water partition coefficient (Wildman–Crippen LogP) is 0.879. The third-order valence-electron chi connectivity index (χ3n) is 4.88. The minimum Gasteiger partial charge on any atom is -0.350 e. The molecule has 1 aromatic heterocycles. The molecule has 2 N–H and O–H groups in total. The van der Waals surface area contributed by atoms with E-state index in [0.717, 1.165) is 39.1 Å². The van der Waals surface area contributed by atoms with Gasteiger partial charge in [-0.3, -0.25) is 9.48 Å². The van der Waals surface area contributed by atoms with Gasteiger partial charge in [0.15, 0.2) is 0 Å². The van der Waals surface area contributed by atoms with Gasteiger partial charge in [0.05, 0.1) is 6.04 Å². The summed E-state index contributed by atoms with van der Waals surface area (Å²) >= 11 is 0. The molecule has 122 valence electrons.